The second-order valence-corrected chi connectivity index (χ2v) is 6.65. The molecule has 0 bridgehead atoms. The van der Waals surface area contributed by atoms with E-state index in [4.69, 9.17) is 0 Å². The number of hydrogen-bond acceptors (Lipinski definition) is 1. The number of aryl methyl sites for hydroxylation is 1. The lowest BCUT2D eigenvalue weighted by Crippen LogP contribution is -2.30. The van der Waals surface area contributed by atoms with E-state index in [-0.39, 0.29) is 11.3 Å². The molecule has 0 unspecified atom stereocenters. The number of nitrogens with one attached hydrogen (secondary N) is 1. The van der Waals surface area contributed by atoms with Crippen molar-refractivity contribution in [3.05, 3.63) is 59.4 Å². The van der Waals surface area contributed by atoms with Gasteiger partial charge in [-0.3, -0.25) is 4.79 Å². The van der Waals surface area contributed by atoms with Gasteiger partial charge in [0, 0.05) is 30.9 Å². The van der Waals surface area contributed by atoms with Crippen LogP contribution in [0.2, 0.25) is 0 Å². The number of benzene rings is 1. The van der Waals surface area contributed by atoms with Crippen LogP contribution in [0.15, 0.2) is 42.6 Å². The fourth-order valence-electron chi connectivity index (χ4n) is 3.39. The second-order valence-electron chi connectivity index (χ2n) is 6.65. The van der Waals surface area contributed by atoms with Crippen LogP contribution >= 0.6 is 0 Å². The van der Waals surface area contributed by atoms with E-state index in [1.807, 2.05) is 30.2 Å². The molecule has 1 aromatic carbocycles. The normalized spacial score (nSPS) is 20.7. The maximum absolute atomic E-state index is 12.7. The second kappa shape index (κ2) is 5.06. The highest BCUT2D eigenvalue weighted by Gasteiger charge is 2.42. The molecule has 1 amide bonds. The molecule has 1 atom stereocenters. The van der Waals surface area contributed by atoms with Crippen molar-refractivity contribution in [3.63, 3.8) is 0 Å². The Morgan fingerprint density at radius 1 is 1.24 bits per heavy atom. The lowest BCUT2D eigenvalue weighted by molar-refractivity contribution is 0.0777. The Morgan fingerprint density at radius 2 is 1.95 bits per heavy atom. The molecule has 21 heavy (non-hydrogen) atoms. The molecule has 1 saturated heterocycles. The van der Waals surface area contributed by atoms with Crippen molar-refractivity contribution >= 4 is 5.91 Å². The molecular weight excluding hydrogens is 260 g/mol. The molecule has 0 radical (unpaired) electrons. The maximum Gasteiger partial charge on any atom is 0.255 e. The summed E-state index contributed by atoms with van der Waals surface area (Å²) in [5.41, 5.74) is 3.16. The highest BCUT2D eigenvalue weighted by Crippen LogP contribution is 2.42. The maximum atomic E-state index is 12.7. The van der Waals surface area contributed by atoms with Crippen molar-refractivity contribution < 1.29 is 4.79 Å². The summed E-state index contributed by atoms with van der Waals surface area (Å²) in [6, 6.07) is 12.4. The molecule has 2 heterocycles. The summed E-state index contributed by atoms with van der Waals surface area (Å²) in [5, 5.41) is 0. The molecule has 1 aliphatic heterocycles. The molecular formula is C18H22N2O. The van der Waals surface area contributed by atoms with Crippen LogP contribution in [0.4, 0.5) is 0 Å². The number of likely N-dealkylation sites (tertiary alicyclic amines) is 1. The van der Waals surface area contributed by atoms with Gasteiger partial charge in [0.25, 0.3) is 5.91 Å². The zero-order valence-corrected chi connectivity index (χ0v) is 12.9. The Hall–Kier alpha value is -2.03. The van der Waals surface area contributed by atoms with E-state index in [2.05, 4.69) is 43.1 Å². The quantitative estimate of drug-likeness (QED) is 0.897. The SMILES string of the molecule is Cc1[nH]ccc1C(=O)N1C[C@@H](c2ccccc2)C(C)(C)C1. The van der Waals surface area contributed by atoms with Crippen LogP contribution in [0.3, 0.4) is 0 Å². The summed E-state index contributed by atoms with van der Waals surface area (Å²) < 4.78 is 0. The molecule has 110 valence electrons. The number of nitrogens with zero attached hydrogens (tertiary/aromatic N) is 1. The fraction of sp³-hybridized carbons (Fsp3) is 0.389. The zero-order chi connectivity index (χ0) is 15.0. The minimum Gasteiger partial charge on any atom is -0.365 e. The summed E-state index contributed by atoms with van der Waals surface area (Å²) in [5.74, 6) is 0.530. The van der Waals surface area contributed by atoms with E-state index in [1.165, 1.54) is 5.56 Å². The number of carbonyl (C=O) groups excluding carboxylic acids is 1. The number of carbonyl (C=O) groups is 1. The predicted octanol–water partition coefficient (Wildman–Crippen LogP) is 3.59. The van der Waals surface area contributed by atoms with Gasteiger partial charge in [-0.1, -0.05) is 44.2 Å². The standard InChI is InChI=1S/C18H22N2O/c1-13-15(9-10-19-13)17(21)20-11-16(18(2,3)12-20)14-7-5-4-6-8-14/h4-10,16,19H,11-12H2,1-3H3/t16-/m0/s1. The zero-order valence-electron chi connectivity index (χ0n) is 12.9. The van der Waals surface area contributed by atoms with Gasteiger partial charge in [0.15, 0.2) is 0 Å². The van der Waals surface area contributed by atoms with Crippen LogP contribution in [0.1, 0.15) is 41.4 Å². The van der Waals surface area contributed by atoms with E-state index in [0.717, 1.165) is 24.3 Å². The number of aromatic amines is 1. The summed E-state index contributed by atoms with van der Waals surface area (Å²) >= 11 is 0. The van der Waals surface area contributed by atoms with Crippen molar-refractivity contribution in [2.24, 2.45) is 5.41 Å². The highest BCUT2D eigenvalue weighted by atomic mass is 16.2. The molecule has 0 aliphatic carbocycles. The first-order valence-corrected chi connectivity index (χ1v) is 7.47. The summed E-state index contributed by atoms with van der Waals surface area (Å²) in [4.78, 5) is 17.8. The number of hydrogen-bond donors (Lipinski definition) is 1. The van der Waals surface area contributed by atoms with E-state index >= 15 is 0 Å². The van der Waals surface area contributed by atoms with Crippen LogP contribution in [0.25, 0.3) is 0 Å². The number of amides is 1. The monoisotopic (exact) mass is 282 g/mol. The highest BCUT2D eigenvalue weighted by molar-refractivity contribution is 5.95. The van der Waals surface area contributed by atoms with Crippen LogP contribution in [0.5, 0.6) is 0 Å². The summed E-state index contributed by atoms with van der Waals surface area (Å²) in [6.07, 6.45) is 1.83. The molecule has 1 aliphatic rings. The van der Waals surface area contributed by atoms with Crippen LogP contribution in [-0.4, -0.2) is 28.9 Å². The van der Waals surface area contributed by atoms with Gasteiger partial charge in [-0.25, -0.2) is 0 Å². The Kier molecular flexibility index (Phi) is 3.36. The summed E-state index contributed by atoms with van der Waals surface area (Å²) in [6.45, 7) is 8.05. The van der Waals surface area contributed by atoms with Gasteiger partial charge in [-0.15, -0.1) is 0 Å². The fourth-order valence-corrected chi connectivity index (χ4v) is 3.39. The molecule has 3 nitrogen and oxygen atoms in total. The third-order valence-electron chi connectivity index (χ3n) is 4.62. The molecule has 1 aromatic heterocycles. The van der Waals surface area contributed by atoms with Crippen molar-refractivity contribution in [1.82, 2.24) is 9.88 Å². The van der Waals surface area contributed by atoms with Gasteiger partial charge in [0.1, 0.15) is 0 Å². The van der Waals surface area contributed by atoms with Crippen molar-refractivity contribution in [3.8, 4) is 0 Å². The largest absolute Gasteiger partial charge is 0.365 e. The van der Waals surface area contributed by atoms with Crippen LogP contribution < -0.4 is 0 Å². The predicted molar refractivity (Wildman–Crippen MR) is 84.4 cm³/mol. The first-order chi connectivity index (χ1) is 9.99. The lowest BCUT2D eigenvalue weighted by Gasteiger charge is -2.25. The lowest BCUT2D eigenvalue weighted by atomic mass is 9.78. The smallest absolute Gasteiger partial charge is 0.255 e. The van der Waals surface area contributed by atoms with E-state index in [0.29, 0.717) is 5.92 Å². The number of aromatic nitrogens is 1. The molecule has 1 N–H and O–H groups in total. The molecule has 3 rings (SSSR count). The third-order valence-corrected chi connectivity index (χ3v) is 4.62. The Labute approximate surface area is 126 Å². The van der Waals surface area contributed by atoms with Crippen molar-refractivity contribution in [1.29, 1.82) is 0 Å². The molecule has 3 heteroatoms. The Balaban J connectivity index is 1.85. The van der Waals surface area contributed by atoms with Gasteiger partial charge in [0.2, 0.25) is 0 Å². The van der Waals surface area contributed by atoms with Crippen molar-refractivity contribution in [2.45, 2.75) is 26.7 Å². The van der Waals surface area contributed by atoms with Crippen LogP contribution in [-0.2, 0) is 0 Å². The topological polar surface area (TPSA) is 36.1 Å². The molecule has 0 saturated carbocycles. The minimum absolute atomic E-state index is 0.0984. The van der Waals surface area contributed by atoms with E-state index in [1.54, 1.807) is 0 Å². The van der Waals surface area contributed by atoms with Gasteiger partial charge >= 0.3 is 0 Å². The molecule has 2 aromatic rings. The first-order valence-electron chi connectivity index (χ1n) is 7.47. The van der Waals surface area contributed by atoms with Crippen LogP contribution in [0, 0.1) is 12.3 Å². The Bertz CT molecular complexity index is 642. The molecule has 0 spiro atoms. The number of rotatable bonds is 2. The van der Waals surface area contributed by atoms with Gasteiger partial charge in [-0.05, 0) is 24.0 Å². The van der Waals surface area contributed by atoms with Gasteiger partial charge < -0.3 is 9.88 Å². The Morgan fingerprint density at radius 3 is 2.57 bits per heavy atom. The van der Waals surface area contributed by atoms with Gasteiger partial charge in [-0.2, -0.15) is 0 Å². The van der Waals surface area contributed by atoms with E-state index < -0.39 is 0 Å². The molecule has 1 fully saturated rings. The average molecular weight is 282 g/mol. The third kappa shape index (κ3) is 2.48. The van der Waals surface area contributed by atoms with E-state index in [9.17, 15) is 4.79 Å². The van der Waals surface area contributed by atoms with Gasteiger partial charge in [0.05, 0.1) is 5.56 Å². The van der Waals surface area contributed by atoms with Crippen molar-refractivity contribution in [2.75, 3.05) is 13.1 Å². The first kappa shape index (κ1) is 13.9. The average Bonchev–Trinajstić information content (AvgIpc) is 3.02. The summed E-state index contributed by atoms with van der Waals surface area (Å²) in [7, 11) is 0. The number of H-pyrrole nitrogens is 1. The minimum atomic E-state index is 0.0984.